The zero-order chi connectivity index (χ0) is 17.2. The van der Waals surface area contributed by atoms with Crippen molar-refractivity contribution >= 4 is 6.03 Å². The average Bonchev–Trinajstić information content (AvgIpc) is 3.32. The van der Waals surface area contributed by atoms with Gasteiger partial charge in [-0.3, -0.25) is 0 Å². The summed E-state index contributed by atoms with van der Waals surface area (Å²) < 4.78 is 5.98. The Morgan fingerprint density at radius 1 is 1.20 bits per heavy atom. The Bertz CT molecular complexity index is 576. The van der Waals surface area contributed by atoms with Crippen LogP contribution in [0.2, 0.25) is 0 Å². The largest absolute Gasteiger partial charge is 0.374 e. The van der Waals surface area contributed by atoms with Crippen molar-refractivity contribution in [1.82, 2.24) is 15.1 Å². The van der Waals surface area contributed by atoms with Gasteiger partial charge in [-0.25, -0.2) is 4.79 Å². The summed E-state index contributed by atoms with van der Waals surface area (Å²) in [6, 6.07) is 10.6. The molecule has 1 aromatic rings. The highest BCUT2D eigenvalue weighted by Gasteiger charge is 2.53. The smallest absolute Gasteiger partial charge is 0.317 e. The molecular weight excluding hydrogens is 314 g/mol. The van der Waals surface area contributed by atoms with Crippen LogP contribution in [0.3, 0.4) is 0 Å². The zero-order valence-corrected chi connectivity index (χ0v) is 15.1. The van der Waals surface area contributed by atoms with Crippen molar-refractivity contribution in [1.29, 1.82) is 0 Å². The number of rotatable bonds is 6. The number of carbonyl (C=O) groups excluding carboxylic acids is 1. The van der Waals surface area contributed by atoms with E-state index in [0.717, 1.165) is 39.1 Å². The molecule has 5 heteroatoms. The third kappa shape index (κ3) is 3.67. The Morgan fingerprint density at radius 3 is 2.56 bits per heavy atom. The first-order valence-electron chi connectivity index (χ1n) is 9.61. The highest BCUT2D eigenvalue weighted by atomic mass is 16.5. The molecule has 4 atom stereocenters. The van der Waals surface area contributed by atoms with E-state index < -0.39 is 0 Å². The Kier molecular flexibility index (Phi) is 4.95. The number of hydrogen-bond donors (Lipinski definition) is 1. The third-order valence-electron chi connectivity index (χ3n) is 6.03. The van der Waals surface area contributed by atoms with Gasteiger partial charge in [-0.15, -0.1) is 0 Å². The molecule has 0 aliphatic carbocycles. The van der Waals surface area contributed by atoms with Gasteiger partial charge in [0.05, 0.1) is 12.2 Å². The summed E-state index contributed by atoms with van der Waals surface area (Å²) in [5.41, 5.74) is 1.33. The summed E-state index contributed by atoms with van der Waals surface area (Å²) in [6.07, 6.45) is 4.19. The van der Waals surface area contributed by atoms with Crippen molar-refractivity contribution in [2.75, 3.05) is 33.2 Å². The molecule has 1 aromatic carbocycles. The van der Waals surface area contributed by atoms with Gasteiger partial charge in [0.1, 0.15) is 0 Å². The van der Waals surface area contributed by atoms with Crippen molar-refractivity contribution in [3.63, 3.8) is 0 Å². The van der Waals surface area contributed by atoms with Crippen molar-refractivity contribution < 1.29 is 9.53 Å². The second-order valence-corrected chi connectivity index (χ2v) is 7.83. The fourth-order valence-electron chi connectivity index (χ4n) is 4.76. The molecule has 3 heterocycles. The molecule has 3 aliphatic rings. The monoisotopic (exact) mass is 343 g/mol. The number of nitrogens with zero attached hydrogens (tertiary/aromatic N) is 2. The maximum Gasteiger partial charge on any atom is 0.317 e. The summed E-state index contributed by atoms with van der Waals surface area (Å²) in [5.74, 6) is 1.17. The second-order valence-electron chi connectivity index (χ2n) is 7.83. The summed E-state index contributed by atoms with van der Waals surface area (Å²) in [5, 5.41) is 3.10. The Hall–Kier alpha value is -1.59. The van der Waals surface area contributed by atoms with Crippen LogP contribution in [0.25, 0.3) is 0 Å². The van der Waals surface area contributed by atoms with Crippen molar-refractivity contribution in [2.24, 2.45) is 11.8 Å². The van der Waals surface area contributed by atoms with Gasteiger partial charge in [-0.2, -0.15) is 0 Å². The molecule has 2 bridgehead atoms. The molecule has 3 fully saturated rings. The van der Waals surface area contributed by atoms with Gasteiger partial charge in [-0.1, -0.05) is 30.3 Å². The van der Waals surface area contributed by atoms with Gasteiger partial charge in [0.15, 0.2) is 0 Å². The fourth-order valence-corrected chi connectivity index (χ4v) is 4.76. The van der Waals surface area contributed by atoms with Gasteiger partial charge >= 0.3 is 6.03 Å². The summed E-state index contributed by atoms with van der Waals surface area (Å²) in [7, 11) is 2.13. The minimum Gasteiger partial charge on any atom is -0.374 e. The van der Waals surface area contributed by atoms with E-state index in [4.69, 9.17) is 4.74 Å². The SMILES string of the molecule is CN(CCCNC(=O)N1C[C@@H]2[C@@H](C1)[C@H]1CC[C@H]2O1)Cc1ccccc1. The molecule has 2 amide bonds. The van der Waals surface area contributed by atoms with E-state index >= 15 is 0 Å². The molecule has 0 spiro atoms. The maximum atomic E-state index is 12.4. The molecule has 0 unspecified atom stereocenters. The number of ether oxygens (including phenoxy) is 1. The third-order valence-corrected chi connectivity index (χ3v) is 6.03. The normalized spacial score (nSPS) is 30.1. The molecule has 136 valence electrons. The molecule has 1 N–H and O–H groups in total. The number of benzene rings is 1. The van der Waals surface area contributed by atoms with Gasteiger partial charge < -0.3 is 19.9 Å². The highest BCUT2D eigenvalue weighted by Crippen LogP contribution is 2.47. The average molecular weight is 343 g/mol. The highest BCUT2D eigenvalue weighted by molar-refractivity contribution is 5.74. The van der Waals surface area contributed by atoms with E-state index in [1.54, 1.807) is 0 Å². The molecule has 3 saturated heterocycles. The van der Waals surface area contributed by atoms with Crippen molar-refractivity contribution in [3.05, 3.63) is 35.9 Å². The Balaban J connectivity index is 1.14. The quantitative estimate of drug-likeness (QED) is 0.807. The number of hydrogen-bond acceptors (Lipinski definition) is 3. The first-order valence-corrected chi connectivity index (χ1v) is 9.61. The van der Waals surface area contributed by atoms with E-state index in [2.05, 4.69) is 41.5 Å². The lowest BCUT2D eigenvalue weighted by Crippen LogP contribution is -2.40. The molecule has 0 radical (unpaired) electrons. The predicted molar refractivity (Wildman–Crippen MR) is 97.2 cm³/mol. The Morgan fingerprint density at radius 2 is 1.88 bits per heavy atom. The lowest BCUT2D eigenvalue weighted by molar-refractivity contribution is 0.0739. The van der Waals surface area contributed by atoms with Crippen LogP contribution in [0.1, 0.15) is 24.8 Å². The standard InChI is InChI=1S/C20H29N3O2/c1-22(12-15-6-3-2-4-7-15)11-5-10-21-20(24)23-13-16-17(14-23)19-9-8-18(16)25-19/h2-4,6-7,16-19H,5,8-14H2,1H3,(H,21,24)/t16-,17-,18-,19-/m1/s1. The van der Waals surface area contributed by atoms with Crippen LogP contribution in [0.5, 0.6) is 0 Å². The zero-order valence-electron chi connectivity index (χ0n) is 15.1. The number of amides is 2. The number of likely N-dealkylation sites (tertiary alicyclic amines) is 1. The predicted octanol–water partition coefficient (Wildman–Crippen LogP) is 2.33. The van der Waals surface area contributed by atoms with E-state index in [0.29, 0.717) is 24.0 Å². The number of carbonyl (C=O) groups is 1. The van der Waals surface area contributed by atoms with Crippen LogP contribution in [-0.2, 0) is 11.3 Å². The van der Waals surface area contributed by atoms with Gasteiger partial charge in [-0.05, 0) is 38.4 Å². The van der Waals surface area contributed by atoms with E-state index in [1.807, 2.05) is 11.0 Å². The summed E-state index contributed by atoms with van der Waals surface area (Å²) >= 11 is 0. The number of fused-ring (bicyclic) bond motifs is 5. The molecule has 5 nitrogen and oxygen atoms in total. The van der Waals surface area contributed by atoms with Crippen LogP contribution in [0.4, 0.5) is 4.79 Å². The molecule has 0 saturated carbocycles. The van der Waals surface area contributed by atoms with E-state index in [-0.39, 0.29) is 6.03 Å². The fraction of sp³-hybridized carbons (Fsp3) is 0.650. The van der Waals surface area contributed by atoms with Gasteiger partial charge in [0.2, 0.25) is 0 Å². The molecular formula is C20H29N3O2. The minimum absolute atomic E-state index is 0.111. The van der Waals surface area contributed by atoms with Crippen LogP contribution >= 0.6 is 0 Å². The van der Waals surface area contributed by atoms with Crippen LogP contribution in [-0.4, -0.2) is 61.3 Å². The summed E-state index contributed by atoms with van der Waals surface area (Å²) in [6.45, 7) is 4.44. The Labute approximate surface area is 150 Å². The van der Waals surface area contributed by atoms with Crippen LogP contribution in [0, 0.1) is 11.8 Å². The van der Waals surface area contributed by atoms with E-state index in [1.165, 1.54) is 18.4 Å². The molecule has 3 aliphatic heterocycles. The van der Waals surface area contributed by atoms with Crippen molar-refractivity contribution in [3.8, 4) is 0 Å². The molecule has 4 rings (SSSR count). The topological polar surface area (TPSA) is 44.8 Å². The first kappa shape index (κ1) is 16.9. The van der Waals surface area contributed by atoms with Gasteiger partial charge in [0, 0.05) is 38.0 Å². The molecule has 0 aromatic heterocycles. The maximum absolute atomic E-state index is 12.4. The first-order chi connectivity index (χ1) is 12.2. The van der Waals surface area contributed by atoms with Gasteiger partial charge in [0.25, 0.3) is 0 Å². The lowest BCUT2D eigenvalue weighted by atomic mass is 9.82. The van der Waals surface area contributed by atoms with Crippen LogP contribution < -0.4 is 5.32 Å². The lowest BCUT2D eigenvalue weighted by Gasteiger charge is -2.20. The minimum atomic E-state index is 0.111. The van der Waals surface area contributed by atoms with Crippen molar-refractivity contribution in [2.45, 2.75) is 38.0 Å². The summed E-state index contributed by atoms with van der Waals surface area (Å²) in [4.78, 5) is 16.7. The second kappa shape index (κ2) is 7.34. The molecule has 25 heavy (non-hydrogen) atoms. The van der Waals surface area contributed by atoms with Crippen LogP contribution in [0.15, 0.2) is 30.3 Å². The number of nitrogens with one attached hydrogen (secondary N) is 1. The number of urea groups is 1. The van der Waals surface area contributed by atoms with E-state index in [9.17, 15) is 4.79 Å².